The SMILES string of the molecule is COc1cc(C)ccc1N1CC(C(N)=O)CC1=O. The number of nitrogens with zero attached hydrogens (tertiary/aromatic N) is 1. The van der Waals surface area contributed by atoms with Crippen molar-refractivity contribution in [2.24, 2.45) is 11.7 Å². The summed E-state index contributed by atoms with van der Waals surface area (Å²) in [4.78, 5) is 24.6. The summed E-state index contributed by atoms with van der Waals surface area (Å²) >= 11 is 0. The van der Waals surface area contributed by atoms with Gasteiger partial charge in [-0.3, -0.25) is 9.59 Å². The zero-order valence-corrected chi connectivity index (χ0v) is 10.5. The number of carbonyl (C=O) groups excluding carboxylic acids is 2. The van der Waals surface area contributed by atoms with Crippen LogP contribution in [0.4, 0.5) is 5.69 Å². The average molecular weight is 248 g/mol. The van der Waals surface area contributed by atoms with Gasteiger partial charge in [-0.05, 0) is 24.6 Å². The van der Waals surface area contributed by atoms with E-state index in [0.717, 1.165) is 5.56 Å². The van der Waals surface area contributed by atoms with Crippen molar-refractivity contribution in [1.82, 2.24) is 0 Å². The van der Waals surface area contributed by atoms with Crippen molar-refractivity contribution < 1.29 is 14.3 Å². The number of amides is 2. The van der Waals surface area contributed by atoms with Crippen LogP contribution in [0.5, 0.6) is 5.75 Å². The third kappa shape index (κ3) is 2.16. The molecule has 1 aliphatic heterocycles. The van der Waals surface area contributed by atoms with Gasteiger partial charge in [-0.25, -0.2) is 0 Å². The van der Waals surface area contributed by atoms with Crippen molar-refractivity contribution in [2.45, 2.75) is 13.3 Å². The lowest BCUT2D eigenvalue weighted by Crippen LogP contribution is -2.28. The molecule has 0 spiro atoms. The Morgan fingerprint density at radius 1 is 1.50 bits per heavy atom. The predicted molar refractivity (Wildman–Crippen MR) is 67.4 cm³/mol. The molecule has 2 rings (SSSR count). The van der Waals surface area contributed by atoms with Gasteiger partial charge in [-0.2, -0.15) is 0 Å². The molecule has 1 aliphatic rings. The minimum absolute atomic E-state index is 0.0963. The highest BCUT2D eigenvalue weighted by Crippen LogP contribution is 2.33. The number of benzene rings is 1. The topological polar surface area (TPSA) is 72.6 Å². The van der Waals surface area contributed by atoms with Crippen molar-refractivity contribution in [2.75, 3.05) is 18.6 Å². The fourth-order valence-corrected chi connectivity index (χ4v) is 2.14. The molecule has 0 saturated carbocycles. The van der Waals surface area contributed by atoms with E-state index in [0.29, 0.717) is 18.0 Å². The number of ether oxygens (including phenoxy) is 1. The minimum atomic E-state index is -0.433. The molecule has 5 heteroatoms. The second kappa shape index (κ2) is 4.68. The monoisotopic (exact) mass is 248 g/mol. The third-order valence-electron chi connectivity index (χ3n) is 3.15. The number of hydrogen-bond donors (Lipinski definition) is 1. The van der Waals surface area contributed by atoms with Crippen molar-refractivity contribution in [3.8, 4) is 5.75 Å². The molecule has 1 fully saturated rings. The molecule has 2 amide bonds. The lowest BCUT2D eigenvalue weighted by atomic mass is 10.1. The molecule has 18 heavy (non-hydrogen) atoms. The maximum Gasteiger partial charge on any atom is 0.227 e. The van der Waals surface area contributed by atoms with E-state index in [1.807, 2.05) is 25.1 Å². The summed E-state index contributed by atoms with van der Waals surface area (Å²) in [5.74, 6) is -0.310. The van der Waals surface area contributed by atoms with Gasteiger partial charge in [-0.1, -0.05) is 6.07 Å². The van der Waals surface area contributed by atoms with Crippen LogP contribution in [-0.4, -0.2) is 25.5 Å². The third-order valence-corrected chi connectivity index (χ3v) is 3.15. The number of aryl methyl sites for hydroxylation is 1. The van der Waals surface area contributed by atoms with E-state index in [-0.39, 0.29) is 12.3 Å². The number of nitrogens with two attached hydrogens (primary N) is 1. The lowest BCUT2D eigenvalue weighted by molar-refractivity contribution is -0.123. The summed E-state index contributed by atoms with van der Waals surface area (Å²) < 4.78 is 5.27. The summed E-state index contributed by atoms with van der Waals surface area (Å²) in [6, 6.07) is 5.60. The Balaban J connectivity index is 2.32. The van der Waals surface area contributed by atoms with E-state index >= 15 is 0 Å². The summed E-state index contributed by atoms with van der Waals surface area (Å²) in [6.07, 6.45) is 0.173. The Morgan fingerprint density at radius 2 is 2.22 bits per heavy atom. The number of methoxy groups -OCH3 is 1. The van der Waals surface area contributed by atoms with Crippen LogP contribution in [0.15, 0.2) is 18.2 Å². The average Bonchev–Trinajstić information content (AvgIpc) is 2.71. The van der Waals surface area contributed by atoms with Crippen molar-refractivity contribution in [1.29, 1.82) is 0 Å². The standard InChI is InChI=1S/C13H16N2O3/c1-8-3-4-10(11(5-8)18-2)15-7-9(13(14)17)6-12(15)16/h3-5,9H,6-7H2,1-2H3,(H2,14,17). The summed E-state index contributed by atoms with van der Waals surface area (Å²) in [5, 5.41) is 0. The van der Waals surface area contributed by atoms with E-state index in [1.165, 1.54) is 0 Å². The first kappa shape index (κ1) is 12.4. The molecule has 1 heterocycles. The number of carbonyl (C=O) groups is 2. The van der Waals surface area contributed by atoms with Crippen LogP contribution in [-0.2, 0) is 9.59 Å². The summed E-state index contributed by atoms with van der Waals surface area (Å²) in [7, 11) is 1.56. The normalized spacial score (nSPS) is 19.1. The quantitative estimate of drug-likeness (QED) is 0.861. The van der Waals surface area contributed by atoms with Crippen molar-refractivity contribution in [3.05, 3.63) is 23.8 Å². The van der Waals surface area contributed by atoms with E-state index in [1.54, 1.807) is 12.0 Å². The Morgan fingerprint density at radius 3 is 2.78 bits per heavy atom. The van der Waals surface area contributed by atoms with Crippen LogP contribution in [0.2, 0.25) is 0 Å². The molecule has 1 saturated heterocycles. The predicted octanol–water partition coefficient (Wildman–Crippen LogP) is 0.842. The van der Waals surface area contributed by atoms with Crippen LogP contribution < -0.4 is 15.4 Å². The largest absolute Gasteiger partial charge is 0.495 e. The highest BCUT2D eigenvalue weighted by atomic mass is 16.5. The van der Waals surface area contributed by atoms with Crippen molar-refractivity contribution in [3.63, 3.8) is 0 Å². The van der Waals surface area contributed by atoms with Gasteiger partial charge in [0.05, 0.1) is 18.7 Å². The number of hydrogen-bond acceptors (Lipinski definition) is 3. The van der Waals surface area contributed by atoms with Crippen LogP contribution in [0, 0.1) is 12.8 Å². The van der Waals surface area contributed by atoms with Gasteiger partial charge >= 0.3 is 0 Å². The second-order valence-corrected chi connectivity index (χ2v) is 4.48. The molecular weight excluding hydrogens is 232 g/mol. The molecule has 5 nitrogen and oxygen atoms in total. The Labute approximate surface area is 106 Å². The van der Waals surface area contributed by atoms with Gasteiger partial charge < -0.3 is 15.4 Å². The molecule has 1 aromatic carbocycles. The molecule has 0 radical (unpaired) electrons. The van der Waals surface area contributed by atoms with Gasteiger partial charge in [0.15, 0.2) is 0 Å². The van der Waals surface area contributed by atoms with E-state index < -0.39 is 11.8 Å². The molecule has 96 valence electrons. The molecule has 1 unspecified atom stereocenters. The lowest BCUT2D eigenvalue weighted by Gasteiger charge is -2.19. The van der Waals surface area contributed by atoms with E-state index in [2.05, 4.69) is 0 Å². The molecule has 0 aromatic heterocycles. The first-order valence-electron chi connectivity index (χ1n) is 5.77. The minimum Gasteiger partial charge on any atom is -0.495 e. The molecule has 1 atom stereocenters. The highest BCUT2D eigenvalue weighted by molar-refractivity contribution is 6.01. The van der Waals surface area contributed by atoms with Gasteiger partial charge in [0.2, 0.25) is 11.8 Å². The summed E-state index contributed by atoms with van der Waals surface area (Å²) in [5.41, 5.74) is 6.99. The van der Waals surface area contributed by atoms with Gasteiger partial charge in [0.25, 0.3) is 0 Å². The second-order valence-electron chi connectivity index (χ2n) is 4.48. The molecule has 0 aliphatic carbocycles. The first-order valence-corrected chi connectivity index (χ1v) is 5.77. The Bertz CT molecular complexity index is 499. The molecular formula is C13H16N2O3. The smallest absolute Gasteiger partial charge is 0.227 e. The zero-order valence-electron chi connectivity index (χ0n) is 10.5. The Hall–Kier alpha value is -2.04. The molecule has 1 aromatic rings. The first-order chi connectivity index (χ1) is 8.52. The van der Waals surface area contributed by atoms with Gasteiger partial charge in [0.1, 0.15) is 5.75 Å². The Kier molecular flexibility index (Phi) is 3.23. The van der Waals surface area contributed by atoms with Crippen LogP contribution >= 0.6 is 0 Å². The maximum absolute atomic E-state index is 11.9. The van der Waals surface area contributed by atoms with Crippen molar-refractivity contribution >= 4 is 17.5 Å². The van der Waals surface area contributed by atoms with Crippen LogP contribution in [0.1, 0.15) is 12.0 Å². The van der Waals surface area contributed by atoms with Crippen LogP contribution in [0.25, 0.3) is 0 Å². The van der Waals surface area contributed by atoms with E-state index in [9.17, 15) is 9.59 Å². The van der Waals surface area contributed by atoms with E-state index in [4.69, 9.17) is 10.5 Å². The number of rotatable bonds is 3. The van der Waals surface area contributed by atoms with Gasteiger partial charge in [-0.15, -0.1) is 0 Å². The molecule has 2 N–H and O–H groups in total. The van der Waals surface area contributed by atoms with Crippen LogP contribution in [0.3, 0.4) is 0 Å². The number of primary amides is 1. The zero-order chi connectivity index (χ0) is 13.3. The summed E-state index contributed by atoms with van der Waals surface area (Å²) in [6.45, 7) is 2.28. The molecule has 0 bridgehead atoms. The highest BCUT2D eigenvalue weighted by Gasteiger charge is 2.35. The fourth-order valence-electron chi connectivity index (χ4n) is 2.14. The number of anilines is 1. The maximum atomic E-state index is 11.9. The van der Waals surface area contributed by atoms with Gasteiger partial charge in [0, 0.05) is 13.0 Å². The fraction of sp³-hybridized carbons (Fsp3) is 0.385.